The van der Waals surface area contributed by atoms with Gasteiger partial charge < -0.3 is 24.0 Å². The smallest absolute Gasteiger partial charge is 0.248 e. The summed E-state index contributed by atoms with van der Waals surface area (Å²) in [4.78, 5) is 4.31. The minimum atomic E-state index is 0. The lowest BCUT2D eigenvalue weighted by Crippen LogP contribution is -3.00. The van der Waals surface area contributed by atoms with Gasteiger partial charge in [-0.2, -0.15) is 5.10 Å². The predicted octanol–water partition coefficient (Wildman–Crippen LogP) is -0.0804. The number of hydrogen-bond donors (Lipinski definition) is 0. The molecule has 5 nitrogen and oxygen atoms in total. The largest absolute Gasteiger partial charge is 1.00 e. The minimum Gasteiger partial charge on any atom is -1.00 e. The number of rotatable bonds is 2. The summed E-state index contributed by atoms with van der Waals surface area (Å²) in [5.41, 5.74) is 4.11. The second kappa shape index (κ2) is 8.81. The van der Waals surface area contributed by atoms with Crippen molar-refractivity contribution in [2.24, 2.45) is 7.05 Å². The third-order valence-electron chi connectivity index (χ3n) is 3.03. The Bertz CT molecular complexity index is 745. The molecule has 0 atom stereocenters. The van der Waals surface area contributed by atoms with Gasteiger partial charge in [0.25, 0.3) is 0 Å². The first-order valence-electron chi connectivity index (χ1n) is 7.57. The maximum absolute atomic E-state index is 4.48. The Balaban J connectivity index is 0.000000615. The van der Waals surface area contributed by atoms with Crippen molar-refractivity contribution in [1.29, 1.82) is 0 Å². The van der Waals surface area contributed by atoms with E-state index in [0.717, 1.165) is 22.8 Å². The summed E-state index contributed by atoms with van der Waals surface area (Å²) >= 11 is 0. The Kier molecular flexibility index (Phi) is 7.41. The molecule has 0 spiro atoms. The summed E-state index contributed by atoms with van der Waals surface area (Å²) in [7, 11) is 1.99. The van der Waals surface area contributed by atoms with Crippen LogP contribution in [0.3, 0.4) is 0 Å². The fraction of sp³-hybridized carbons (Fsp3) is 0.353. The van der Waals surface area contributed by atoms with Crippen molar-refractivity contribution in [2.75, 3.05) is 0 Å². The van der Waals surface area contributed by atoms with Crippen molar-refractivity contribution in [2.45, 2.75) is 34.1 Å². The Morgan fingerprint density at radius 2 is 1.74 bits per heavy atom. The maximum Gasteiger partial charge on any atom is 0.248 e. The Labute approximate surface area is 155 Å². The molecule has 0 saturated carbocycles. The van der Waals surface area contributed by atoms with E-state index in [9.17, 15) is 0 Å². The quantitative estimate of drug-likeness (QED) is 0.426. The van der Waals surface area contributed by atoms with Gasteiger partial charge in [0.15, 0.2) is 5.69 Å². The molecular formula is C17H24IN5. The number of nitrogens with zero attached hydrogens (tertiary/aromatic N) is 5. The van der Waals surface area contributed by atoms with Crippen LogP contribution in [0, 0.1) is 13.8 Å². The number of aryl methyl sites for hydroxylation is 3. The molecule has 3 heterocycles. The topological polar surface area (TPSA) is 39.5 Å². The molecule has 3 aromatic heterocycles. The molecule has 0 saturated heterocycles. The van der Waals surface area contributed by atoms with Crippen molar-refractivity contribution < 1.29 is 28.5 Å². The molecule has 0 unspecified atom stereocenters. The van der Waals surface area contributed by atoms with Crippen LogP contribution in [0.5, 0.6) is 0 Å². The first-order chi connectivity index (χ1) is 10.5. The fourth-order valence-corrected chi connectivity index (χ4v) is 2.17. The van der Waals surface area contributed by atoms with Crippen LogP contribution in [0.15, 0.2) is 43.2 Å². The molecule has 0 bridgehead atoms. The van der Waals surface area contributed by atoms with E-state index in [1.54, 1.807) is 0 Å². The molecule has 3 aromatic rings. The summed E-state index contributed by atoms with van der Waals surface area (Å²) in [6.07, 6.45) is 10.9. The van der Waals surface area contributed by atoms with E-state index in [1.165, 1.54) is 6.42 Å². The SMILES string of the molecule is CCC.Cc1cc(C)n(-c2cncc(-n3cc[n+](C)c3)c2)n1.[I-]. The van der Waals surface area contributed by atoms with E-state index in [2.05, 4.69) is 36.1 Å². The maximum atomic E-state index is 4.48. The first kappa shape index (κ1) is 19.3. The number of pyridine rings is 1. The zero-order valence-corrected chi connectivity index (χ0v) is 16.5. The van der Waals surface area contributed by atoms with Crippen LogP contribution in [0.1, 0.15) is 31.7 Å². The van der Waals surface area contributed by atoms with E-state index in [0.29, 0.717) is 0 Å². The standard InChI is InChI=1S/C14H16N5.C3H8.HI/c1-11-6-12(2)19(16-11)14-7-13(8-15-9-14)18-5-4-17(3)10-18;1-3-2;/h4-10H,1-3H3;3H2,1-2H3;1H/q+1;;/p-1. The van der Waals surface area contributed by atoms with Crippen molar-refractivity contribution in [1.82, 2.24) is 19.3 Å². The van der Waals surface area contributed by atoms with Crippen LogP contribution in [0.2, 0.25) is 0 Å². The first-order valence-corrected chi connectivity index (χ1v) is 7.57. The van der Waals surface area contributed by atoms with Gasteiger partial charge in [-0.1, -0.05) is 20.3 Å². The molecule has 0 aliphatic heterocycles. The summed E-state index contributed by atoms with van der Waals surface area (Å²) in [5.74, 6) is 0. The van der Waals surface area contributed by atoms with Gasteiger partial charge in [0.1, 0.15) is 12.4 Å². The van der Waals surface area contributed by atoms with Gasteiger partial charge in [-0.05, 0) is 19.9 Å². The highest BCUT2D eigenvalue weighted by atomic mass is 127. The highest BCUT2D eigenvalue weighted by molar-refractivity contribution is 5.40. The normalized spacial score (nSPS) is 9.78. The highest BCUT2D eigenvalue weighted by Gasteiger charge is 2.09. The summed E-state index contributed by atoms with van der Waals surface area (Å²) in [6.45, 7) is 8.29. The third kappa shape index (κ3) is 4.89. The van der Waals surface area contributed by atoms with E-state index in [4.69, 9.17) is 0 Å². The Hall–Kier alpha value is -1.70. The molecule has 0 aromatic carbocycles. The minimum absolute atomic E-state index is 0. The van der Waals surface area contributed by atoms with Gasteiger partial charge in [-0.15, -0.1) is 0 Å². The molecule has 0 aliphatic rings. The second-order valence-corrected chi connectivity index (χ2v) is 5.43. The van der Waals surface area contributed by atoms with E-state index in [-0.39, 0.29) is 24.0 Å². The average molecular weight is 425 g/mol. The molecule has 3 rings (SSSR count). The van der Waals surface area contributed by atoms with E-state index in [1.807, 2.05) is 65.8 Å². The third-order valence-corrected chi connectivity index (χ3v) is 3.03. The Morgan fingerprint density at radius 1 is 1.09 bits per heavy atom. The van der Waals surface area contributed by atoms with Crippen molar-refractivity contribution >= 4 is 0 Å². The van der Waals surface area contributed by atoms with Crippen LogP contribution in [0.25, 0.3) is 11.4 Å². The van der Waals surface area contributed by atoms with Crippen LogP contribution in [0.4, 0.5) is 0 Å². The number of aromatic nitrogens is 5. The zero-order valence-electron chi connectivity index (χ0n) is 14.4. The summed E-state index contributed by atoms with van der Waals surface area (Å²) in [5, 5.41) is 4.48. The van der Waals surface area contributed by atoms with Gasteiger partial charge in [0.2, 0.25) is 6.33 Å². The number of halogens is 1. The lowest BCUT2D eigenvalue weighted by molar-refractivity contribution is -0.670. The van der Waals surface area contributed by atoms with Crippen LogP contribution >= 0.6 is 0 Å². The van der Waals surface area contributed by atoms with Crippen LogP contribution in [-0.4, -0.2) is 19.3 Å². The molecule has 0 N–H and O–H groups in total. The van der Waals surface area contributed by atoms with E-state index >= 15 is 0 Å². The molecule has 6 heteroatoms. The molecule has 0 fully saturated rings. The van der Waals surface area contributed by atoms with Crippen molar-refractivity contribution in [3.63, 3.8) is 0 Å². The number of imidazole rings is 1. The molecule has 0 radical (unpaired) electrons. The zero-order chi connectivity index (χ0) is 16.1. The summed E-state index contributed by atoms with van der Waals surface area (Å²) in [6, 6.07) is 4.13. The van der Waals surface area contributed by atoms with Gasteiger partial charge in [0, 0.05) is 11.8 Å². The van der Waals surface area contributed by atoms with Crippen molar-refractivity contribution in [3.05, 3.63) is 54.6 Å². The predicted molar refractivity (Wildman–Crippen MR) is 87.3 cm³/mol. The van der Waals surface area contributed by atoms with Crippen LogP contribution < -0.4 is 28.5 Å². The highest BCUT2D eigenvalue weighted by Crippen LogP contribution is 2.14. The molecule has 0 amide bonds. The molecule has 23 heavy (non-hydrogen) atoms. The lowest BCUT2D eigenvalue weighted by atomic mass is 10.3. The van der Waals surface area contributed by atoms with Gasteiger partial charge >= 0.3 is 0 Å². The molecule has 124 valence electrons. The lowest BCUT2D eigenvalue weighted by Gasteiger charge is -2.04. The van der Waals surface area contributed by atoms with Gasteiger partial charge in [-0.25, -0.2) is 13.8 Å². The molecule has 0 aliphatic carbocycles. The number of hydrogen-bond acceptors (Lipinski definition) is 2. The van der Waals surface area contributed by atoms with E-state index < -0.39 is 0 Å². The fourth-order valence-electron chi connectivity index (χ4n) is 2.17. The van der Waals surface area contributed by atoms with Gasteiger partial charge in [-0.3, -0.25) is 4.98 Å². The van der Waals surface area contributed by atoms with Crippen LogP contribution in [-0.2, 0) is 7.05 Å². The second-order valence-electron chi connectivity index (χ2n) is 5.43. The average Bonchev–Trinajstić information content (AvgIpc) is 3.06. The Morgan fingerprint density at radius 3 is 2.26 bits per heavy atom. The van der Waals surface area contributed by atoms with Gasteiger partial charge in [0.05, 0.1) is 30.8 Å². The monoisotopic (exact) mass is 425 g/mol. The molecular weight excluding hydrogens is 401 g/mol. The summed E-state index contributed by atoms with van der Waals surface area (Å²) < 4.78 is 5.94. The van der Waals surface area contributed by atoms with Crippen molar-refractivity contribution in [3.8, 4) is 11.4 Å².